The zero-order valence-corrected chi connectivity index (χ0v) is 14.3. The summed E-state index contributed by atoms with van der Waals surface area (Å²) in [5, 5.41) is 0. The smallest absolute Gasteiger partial charge is 0.241 e. The number of hydrogen-bond acceptors (Lipinski definition) is 3. The molecule has 0 amide bonds. The lowest BCUT2D eigenvalue weighted by Gasteiger charge is -2.18. The Morgan fingerprint density at radius 3 is 2.59 bits per heavy atom. The molecule has 2 aromatic rings. The van der Waals surface area contributed by atoms with Gasteiger partial charge in [-0.05, 0) is 36.5 Å². The van der Waals surface area contributed by atoms with Gasteiger partial charge in [-0.25, -0.2) is 18.1 Å². The summed E-state index contributed by atoms with van der Waals surface area (Å²) < 4.78 is 28.1. The van der Waals surface area contributed by atoms with Gasteiger partial charge >= 0.3 is 0 Å². The van der Waals surface area contributed by atoms with Crippen LogP contribution in [0.1, 0.15) is 51.4 Å². The molecular weight excluding hydrogens is 298 g/mol. The fourth-order valence-corrected chi connectivity index (χ4v) is 4.61. The van der Waals surface area contributed by atoms with Crippen LogP contribution >= 0.6 is 0 Å². The molecule has 0 saturated carbocycles. The molecule has 2 heterocycles. The van der Waals surface area contributed by atoms with E-state index in [2.05, 4.69) is 28.5 Å². The van der Waals surface area contributed by atoms with Crippen molar-refractivity contribution in [3.8, 4) is 0 Å². The molecule has 6 heteroatoms. The lowest BCUT2D eigenvalue weighted by molar-refractivity contribution is 0.430. The highest BCUT2D eigenvalue weighted by atomic mass is 32.2. The van der Waals surface area contributed by atoms with Gasteiger partial charge < -0.3 is 4.98 Å². The number of hydrogen-bond donors (Lipinski definition) is 2. The molecule has 1 aliphatic heterocycles. The minimum atomic E-state index is -3.48. The van der Waals surface area contributed by atoms with Gasteiger partial charge in [-0.1, -0.05) is 27.7 Å². The highest BCUT2D eigenvalue weighted by molar-refractivity contribution is 7.89. The molecule has 3 rings (SSSR count). The van der Waals surface area contributed by atoms with E-state index in [9.17, 15) is 8.42 Å². The van der Waals surface area contributed by atoms with Gasteiger partial charge in [-0.2, -0.15) is 0 Å². The molecule has 0 saturated heterocycles. The third kappa shape index (κ3) is 2.65. The third-order valence-electron chi connectivity index (χ3n) is 4.35. The molecule has 1 atom stereocenters. The van der Waals surface area contributed by atoms with Crippen LogP contribution in [0.3, 0.4) is 0 Å². The summed E-state index contributed by atoms with van der Waals surface area (Å²) in [5.41, 5.74) is 2.51. The van der Waals surface area contributed by atoms with Crippen LogP contribution in [0.15, 0.2) is 17.0 Å². The Hall–Kier alpha value is -1.40. The Balaban J connectivity index is 2.13. The first-order valence-corrected chi connectivity index (χ1v) is 9.31. The van der Waals surface area contributed by atoms with Crippen molar-refractivity contribution in [1.82, 2.24) is 14.7 Å². The van der Waals surface area contributed by atoms with Gasteiger partial charge in [0, 0.05) is 12.0 Å². The predicted molar refractivity (Wildman–Crippen MR) is 87.5 cm³/mol. The normalized spacial score (nSPS) is 21.3. The highest BCUT2D eigenvalue weighted by Gasteiger charge is 2.29. The standard InChI is InChI=1S/C16H23N3O2S/c1-9(2)12-6-5-11-7-13-14(18-16(17-13)10(3)4)8-15(11)22(20,21)19-12/h7-10,12,19H,5-6H2,1-4H3,(H,17,18). The summed E-state index contributed by atoms with van der Waals surface area (Å²) in [7, 11) is -3.48. The van der Waals surface area contributed by atoms with E-state index in [1.165, 1.54) is 0 Å². The number of benzene rings is 1. The zero-order valence-electron chi connectivity index (χ0n) is 13.5. The van der Waals surface area contributed by atoms with E-state index in [0.717, 1.165) is 35.3 Å². The molecule has 0 aliphatic carbocycles. The second kappa shape index (κ2) is 5.35. The van der Waals surface area contributed by atoms with Gasteiger partial charge in [0.2, 0.25) is 10.0 Å². The van der Waals surface area contributed by atoms with Gasteiger partial charge in [-0.15, -0.1) is 0 Å². The van der Waals surface area contributed by atoms with E-state index in [1.54, 1.807) is 6.07 Å². The first-order valence-electron chi connectivity index (χ1n) is 7.83. The summed E-state index contributed by atoms with van der Waals surface area (Å²) in [5.74, 6) is 1.45. The Bertz CT molecular complexity index is 806. The third-order valence-corrected chi connectivity index (χ3v) is 5.93. The highest BCUT2D eigenvalue weighted by Crippen LogP contribution is 2.29. The van der Waals surface area contributed by atoms with Crippen molar-refractivity contribution in [1.29, 1.82) is 0 Å². The molecule has 0 spiro atoms. The molecule has 5 nitrogen and oxygen atoms in total. The van der Waals surface area contributed by atoms with Crippen LogP contribution in [0.5, 0.6) is 0 Å². The Morgan fingerprint density at radius 2 is 1.95 bits per heavy atom. The first kappa shape index (κ1) is 15.5. The number of fused-ring (bicyclic) bond motifs is 2. The second-order valence-corrected chi connectivity index (χ2v) is 8.45. The van der Waals surface area contributed by atoms with E-state index < -0.39 is 10.0 Å². The fraction of sp³-hybridized carbons (Fsp3) is 0.562. The van der Waals surface area contributed by atoms with E-state index in [1.807, 2.05) is 19.9 Å². The van der Waals surface area contributed by atoms with E-state index in [-0.39, 0.29) is 17.9 Å². The Morgan fingerprint density at radius 1 is 1.23 bits per heavy atom. The van der Waals surface area contributed by atoms with E-state index in [4.69, 9.17) is 0 Å². The number of imidazole rings is 1. The molecule has 2 N–H and O–H groups in total. The Labute approximate surface area is 131 Å². The number of aromatic amines is 1. The molecule has 0 radical (unpaired) electrons. The van der Waals surface area contributed by atoms with E-state index >= 15 is 0 Å². The van der Waals surface area contributed by atoms with Crippen molar-refractivity contribution in [3.63, 3.8) is 0 Å². The van der Waals surface area contributed by atoms with Gasteiger partial charge in [0.05, 0.1) is 15.9 Å². The monoisotopic (exact) mass is 321 g/mol. The maximum atomic E-state index is 12.6. The number of aromatic nitrogens is 2. The summed E-state index contributed by atoms with van der Waals surface area (Å²) in [6.07, 6.45) is 1.58. The number of H-pyrrole nitrogens is 1. The van der Waals surface area contributed by atoms with Crippen LogP contribution in [0, 0.1) is 5.92 Å². The van der Waals surface area contributed by atoms with Gasteiger partial charge in [0.1, 0.15) is 5.82 Å². The van der Waals surface area contributed by atoms with Crippen LogP contribution in [0.4, 0.5) is 0 Å². The summed E-state index contributed by atoms with van der Waals surface area (Å²) >= 11 is 0. The molecule has 22 heavy (non-hydrogen) atoms. The average Bonchev–Trinajstić information content (AvgIpc) is 2.79. The number of nitrogens with one attached hydrogen (secondary N) is 2. The SMILES string of the molecule is CC(C)c1nc2cc3c(cc2[nH]1)CCC(C(C)C)NS3(=O)=O. The molecule has 0 fully saturated rings. The van der Waals surface area contributed by atoms with Crippen LogP contribution in [0.2, 0.25) is 0 Å². The van der Waals surface area contributed by atoms with Crippen molar-refractivity contribution in [2.75, 3.05) is 0 Å². The number of rotatable bonds is 2. The summed E-state index contributed by atoms with van der Waals surface area (Å²) in [6.45, 7) is 8.22. The lowest BCUT2D eigenvalue weighted by Crippen LogP contribution is -2.37. The fourth-order valence-electron chi connectivity index (χ4n) is 2.92. The van der Waals surface area contributed by atoms with Crippen molar-refractivity contribution < 1.29 is 8.42 Å². The second-order valence-electron chi connectivity index (χ2n) is 6.76. The maximum Gasteiger partial charge on any atom is 0.241 e. The van der Waals surface area contributed by atoms with Gasteiger partial charge in [0.25, 0.3) is 0 Å². The predicted octanol–water partition coefficient (Wildman–Crippen LogP) is 2.94. The first-order chi connectivity index (χ1) is 10.3. The molecule has 1 aromatic heterocycles. The van der Waals surface area contributed by atoms with E-state index in [0.29, 0.717) is 4.90 Å². The molecule has 1 aromatic carbocycles. The molecule has 120 valence electrons. The summed E-state index contributed by atoms with van der Waals surface area (Å²) in [6, 6.07) is 3.64. The molecule has 1 unspecified atom stereocenters. The van der Waals surface area contributed by atoms with Gasteiger partial charge in [-0.3, -0.25) is 0 Å². The van der Waals surface area contributed by atoms with Crippen LogP contribution < -0.4 is 4.72 Å². The Kier molecular flexibility index (Phi) is 3.77. The quantitative estimate of drug-likeness (QED) is 0.893. The molecular formula is C16H23N3O2S. The summed E-state index contributed by atoms with van der Waals surface area (Å²) in [4.78, 5) is 8.20. The topological polar surface area (TPSA) is 74.8 Å². The van der Waals surface area contributed by atoms with Crippen LogP contribution in [0.25, 0.3) is 11.0 Å². The number of aryl methyl sites for hydroxylation is 1. The average molecular weight is 321 g/mol. The van der Waals surface area contributed by atoms with Crippen molar-refractivity contribution in [2.24, 2.45) is 5.92 Å². The van der Waals surface area contributed by atoms with Gasteiger partial charge in [0.15, 0.2) is 0 Å². The molecule has 1 aliphatic rings. The van der Waals surface area contributed by atoms with Crippen molar-refractivity contribution >= 4 is 21.1 Å². The van der Waals surface area contributed by atoms with Crippen molar-refractivity contribution in [2.45, 2.75) is 57.4 Å². The minimum absolute atomic E-state index is 0.0186. The lowest BCUT2D eigenvalue weighted by atomic mass is 9.97. The largest absolute Gasteiger partial charge is 0.342 e. The minimum Gasteiger partial charge on any atom is -0.342 e. The van der Waals surface area contributed by atoms with Crippen LogP contribution in [-0.4, -0.2) is 24.4 Å². The van der Waals surface area contributed by atoms with Crippen LogP contribution in [-0.2, 0) is 16.4 Å². The van der Waals surface area contributed by atoms with Crippen molar-refractivity contribution in [3.05, 3.63) is 23.5 Å². The number of sulfonamides is 1. The number of nitrogens with zero attached hydrogens (tertiary/aromatic N) is 1. The maximum absolute atomic E-state index is 12.6. The molecule has 0 bridgehead atoms. The zero-order chi connectivity index (χ0) is 16.1.